The number of pyridine rings is 1. The van der Waals surface area contributed by atoms with Crippen LogP contribution in [0, 0.1) is 14.9 Å². The van der Waals surface area contributed by atoms with Crippen molar-refractivity contribution in [2.45, 2.75) is 13.3 Å². The van der Waals surface area contributed by atoms with Gasteiger partial charge in [0.25, 0.3) is 0 Å². The monoisotopic (exact) mass is 559 g/mol. The van der Waals surface area contributed by atoms with E-state index < -0.39 is 0 Å². The van der Waals surface area contributed by atoms with E-state index in [1.54, 1.807) is 31.6 Å². The minimum Gasteiger partial charge on any atom is -0.344 e. The summed E-state index contributed by atoms with van der Waals surface area (Å²) >= 11 is 9.86. The molecule has 0 bridgehead atoms. The van der Waals surface area contributed by atoms with Crippen molar-refractivity contribution < 1.29 is 4.79 Å². The second-order valence-corrected chi connectivity index (χ2v) is 9.13. The Morgan fingerprint density at radius 3 is 2.77 bits per heavy atom. The SMILES string of the molecule is CCC(=O)Nc1cc(-c2sc(-c3ncc[nH]3)c(-c3ccc(Cl)cc3I)c2C#N)ccn1. The first-order valence-electron chi connectivity index (χ1n) is 9.30. The number of hydrogen-bond acceptors (Lipinski definition) is 5. The maximum Gasteiger partial charge on any atom is 0.225 e. The van der Waals surface area contributed by atoms with Crippen molar-refractivity contribution in [2.75, 3.05) is 5.32 Å². The highest BCUT2D eigenvalue weighted by atomic mass is 127. The van der Waals surface area contributed by atoms with E-state index in [1.807, 2.05) is 24.3 Å². The van der Waals surface area contributed by atoms with Gasteiger partial charge in [-0.1, -0.05) is 24.6 Å². The number of imidazole rings is 1. The summed E-state index contributed by atoms with van der Waals surface area (Å²) in [6, 6.07) is 11.6. The molecular formula is C22H15ClIN5OS. The van der Waals surface area contributed by atoms with Crippen molar-refractivity contribution in [3.05, 3.63) is 63.1 Å². The van der Waals surface area contributed by atoms with Gasteiger partial charge in [0.2, 0.25) is 5.91 Å². The summed E-state index contributed by atoms with van der Waals surface area (Å²) in [5.41, 5.74) is 3.04. The number of anilines is 1. The van der Waals surface area contributed by atoms with Crippen LogP contribution in [0.4, 0.5) is 5.82 Å². The maximum atomic E-state index is 11.8. The van der Waals surface area contributed by atoms with Crippen LogP contribution in [0.15, 0.2) is 48.9 Å². The Labute approximate surface area is 201 Å². The van der Waals surface area contributed by atoms with E-state index >= 15 is 0 Å². The second kappa shape index (κ2) is 9.18. The van der Waals surface area contributed by atoms with Crippen molar-refractivity contribution >= 4 is 57.3 Å². The highest BCUT2D eigenvalue weighted by Gasteiger charge is 2.24. The van der Waals surface area contributed by atoms with Crippen LogP contribution in [0.1, 0.15) is 18.9 Å². The normalized spacial score (nSPS) is 10.6. The van der Waals surface area contributed by atoms with Gasteiger partial charge >= 0.3 is 0 Å². The molecule has 0 fully saturated rings. The molecule has 1 amide bonds. The molecule has 0 saturated carbocycles. The van der Waals surface area contributed by atoms with Gasteiger partial charge in [0, 0.05) is 39.2 Å². The molecule has 3 aromatic heterocycles. The Kier molecular flexibility index (Phi) is 6.36. The number of carbonyl (C=O) groups is 1. The summed E-state index contributed by atoms with van der Waals surface area (Å²) in [6.45, 7) is 1.78. The van der Waals surface area contributed by atoms with Crippen LogP contribution >= 0.6 is 45.5 Å². The molecule has 6 nitrogen and oxygen atoms in total. The van der Waals surface area contributed by atoms with E-state index in [-0.39, 0.29) is 5.91 Å². The lowest BCUT2D eigenvalue weighted by Crippen LogP contribution is -2.10. The Bertz CT molecular complexity index is 1310. The number of H-pyrrole nitrogens is 1. The number of hydrogen-bond donors (Lipinski definition) is 2. The van der Waals surface area contributed by atoms with E-state index in [2.05, 4.69) is 48.9 Å². The molecule has 4 aromatic rings. The summed E-state index contributed by atoms with van der Waals surface area (Å²) in [6.07, 6.45) is 5.42. The summed E-state index contributed by atoms with van der Waals surface area (Å²) in [4.78, 5) is 25.2. The molecule has 1 aromatic carbocycles. The third-order valence-electron chi connectivity index (χ3n) is 4.54. The molecule has 0 aliphatic heterocycles. The number of nitriles is 1. The standard InChI is InChI=1S/C22H15ClIN5OS/c1-2-18(30)29-17-9-12(5-6-26-17)20-15(11-25)19(14-4-3-13(23)10-16(14)24)21(31-20)22-27-7-8-28-22/h3-10H,2H2,1H3,(H,27,28)(H,26,29,30). The minimum absolute atomic E-state index is 0.121. The van der Waals surface area contributed by atoms with Crippen LogP contribution in [0.3, 0.4) is 0 Å². The Hall–Kier alpha value is -2.74. The fourth-order valence-corrected chi connectivity index (χ4v) is 5.48. The fraction of sp³-hybridized carbons (Fsp3) is 0.0909. The topological polar surface area (TPSA) is 94.5 Å². The first kappa shape index (κ1) is 21.5. The summed E-state index contributed by atoms with van der Waals surface area (Å²) in [7, 11) is 0. The molecule has 0 aliphatic rings. The van der Waals surface area contributed by atoms with E-state index in [0.717, 1.165) is 30.0 Å². The molecule has 0 spiro atoms. The Morgan fingerprint density at radius 1 is 1.26 bits per heavy atom. The number of amides is 1. The largest absolute Gasteiger partial charge is 0.344 e. The molecule has 31 heavy (non-hydrogen) atoms. The summed E-state index contributed by atoms with van der Waals surface area (Å²) in [5.74, 6) is 1.01. The molecule has 4 rings (SSSR count). The first-order chi connectivity index (χ1) is 15.0. The number of halogens is 2. The number of carbonyl (C=O) groups excluding carboxylic acids is 1. The van der Waals surface area contributed by atoms with Gasteiger partial charge in [-0.2, -0.15) is 5.26 Å². The van der Waals surface area contributed by atoms with Crippen molar-refractivity contribution in [1.29, 1.82) is 5.26 Å². The zero-order chi connectivity index (χ0) is 22.0. The smallest absolute Gasteiger partial charge is 0.225 e. The summed E-state index contributed by atoms with van der Waals surface area (Å²) < 4.78 is 0.935. The predicted octanol–water partition coefficient (Wildman–Crippen LogP) is 6.35. The molecule has 9 heteroatoms. The lowest BCUT2D eigenvalue weighted by Gasteiger charge is -2.07. The number of benzene rings is 1. The zero-order valence-corrected chi connectivity index (χ0v) is 20.0. The average molecular weight is 560 g/mol. The second-order valence-electron chi connectivity index (χ2n) is 6.52. The first-order valence-corrected chi connectivity index (χ1v) is 11.6. The van der Waals surface area contributed by atoms with Crippen LogP contribution in [-0.4, -0.2) is 20.9 Å². The van der Waals surface area contributed by atoms with Crippen LogP contribution < -0.4 is 5.32 Å². The van der Waals surface area contributed by atoms with E-state index in [4.69, 9.17) is 11.6 Å². The van der Waals surface area contributed by atoms with Gasteiger partial charge in [0.05, 0.1) is 15.3 Å². The molecule has 0 saturated heterocycles. The average Bonchev–Trinajstić information content (AvgIpc) is 3.41. The van der Waals surface area contributed by atoms with E-state index in [0.29, 0.717) is 28.6 Å². The quantitative estimate of drug-likeness (QED) is 0.279. The number of nitrogens with one attached hydrogen (secondary N) is 2. The fourth-order valence-electron chi connectivity index (χ4n) is 3.12. The minimum atomic E-state index is -0.121. The van der Waals surface area contributed by atoms with Crippen molar-refractivity contribution in [3.8, 4) is 38.3 Å². The lowest BCUT2D eigenvalue weighted by atomic mass is 9.98. The molecule has 0 unspecified atom stereocenters. The van der Waals surface area contributed by atoms with Gasteiger partial charge in [0.15, 0.2) is 0 Å². The lowest BCUT2D eigenvalue weighted by molar-refractivity contribution is -0.115. The van der Waals surface area contributed by atoms with Crippen molar-refractivity contribution in [2.24, 2.45) is 0 Å². The van der Waals surface area contributed by atoms with Crippen LogP contribution in [-0.2, 0) is 4.79 Å². The van der Waals surface area contributed by atoms with Gasteiger partial charge in [0.1, 0.15) is 17.7 Å². The number of nitrogens with zero attached hydrogens (tertiary/aromatic N) is 3. The van der Waals surface area contributed by atoms with Gasteiger partial charge in [-0.3, -0.25) is 4.79 Å². The molecule has 154 valence electrons. The van der Waals surface area contributed by atoms with Crippen molar-refractivity contribution in [1.82, 2.24) is 15.0 Å². The van der Waals surface area contributed by atoms with E-state index in [9.17, 15) is 10.1 Å². The maximum absolute atomic E-state index is 11.8. The molecule has 2 N–H and O–H groups in total. The number of aromatic amines is 1. The van der Waals surface area contributed by atoms with Crippen LogP contribution in [0.5, 0.6) is 0 Å². The van der Waals surface area contributed by atoms with Crippen LogP contribution in [0.25, 0.3) is 32.3 Å². The van der Waals surface area contributed by atoms with E-state index in [1.165, 1.54) is 11.3 Å². The third-order valence-corrected chi connectivity index (χ3v) is 6.92. The van der Waals surface area contributed by atoms with Gasteiger partial charge in [-0.15, -0.1) is 11.3 Å². The predicted molar refractivity (Wildman–Crippen MR) is 132 cm³/mol. The van der Waals surface area contributed by atoms with Gasteiger partial charge in [-0.05, 0) is 58.0 Å². The van der Waals surface area contributed by atoms with Crippen molar-refractivity contribution in [3.63, 3.8) is 0 Å². The highest BCUT2D eigenvalue weighted by Crippen LogP contribution is 2.47. The molecule has 3 heterocycles. The zero-order valence-electron chi connectivity index (χ0n) is 16.2. The number of thiophene rings is 1. The van der Waals surface area contributed by atoms with Gasteiger partial charge in [-0.25, -0.2) is 9.97 Å². The summed E-state index contributed by atoms with van der Waals surface area (Å²) in [5, 5.41) is 13.5. The van der Waals surface area contributed by atoms with Gasteiger partial charge < -0.3 is 10.3 Å². The van der Waals surface area contributed by atoms with Crippen LogP contribution in [0.2, 0.25) is 5.02 Å². The Balaban J connectivity index is 1.94. The Morgan fingerprint density at radius 2 is 2.10 bits per heavy atom. The molecular weight excluding hydrogens is 545 g/mol. The molecule has 0 atom stereocenters. The molecule has 0 radical (unpaired) electrons. The molecule has 0 aliphatic carbocycles. The number of rotatable bonds is 5. The third kappa shape index (κ3) is 4.35. The number of aromatic nitrogens is 3. The highest BCUT2D eigenvalue weighted by molar-refractivity contribution is 14.1.